The van der Waals surface area contributed by atoms with Gasteiger partial charge in [0.05, 0.1) is 12.6 Å². The number of anilines is 1. The van der Waals surface area contributed by atoms with E-state index in [4.69, 9.17) is 0 Å². The standard InChI is InChI=1S/C11H11N3O3/c1-6(15)12-7-3-4-9-8(5-7)10(14-13-9)11(16)17-2/h3-5H,1-2H3,(H,12,15)(H,13,14). The Kier molecular flexibility index (Phi) is 2.78. The van der Waals surface area contributed by atoms with E-state index in [2.05, 4.69) is 20.3 Å². The maximum Gasteiger partial charge on any atom is 0.359 e. The lowest BCUT2D eigenvalue weighted by molar-refractivity contribution is -0.114. The van der Waals surface area contributed by atoms with E-state index >= 15 is 0 Å². The van der Waals surface area contributed by atoms with Crippen molar-refractivity contribution in [1.82, 2.24) is 10.2 Å². The molecule has 0 aliphatic rings. The molecule has 0 fully saturated rings. The average molecular weight is 233 g/mol. The van der Waals surface area contributed by atoms with Crippen LogP contribution >= 0.6 is 0 Å². The smallest absolute Gasteiger partial charge is 0.359 e. The van der Waals surface area contributed by atoms with E-state index in [1.165, 1.54) is 14.0 Å². The van der Waals surface area contributed by atoms with Crippen LogP contribution in [0.3, 0.4) is 0 Å². The van der Waals surface area contributed by atoms with Crippen LogP contribution in [0, 0.1) is 0 Å². The van der Waals surface area contributed by atoms with Crippen LogP contribution in [0.25, 0.3) is 10.9 Å². The van der Waals surface area contributed by atoms with Crippen molar-refractivity contribution in [2.24, 2.45) is 0 Å². The molecule has 6 heteroatoms. The van der Waals surface area contributed by atoms with Crippen LogP contribution in [0.15, 0.2) is 18.2 Å². The number of fused-ring (bicyclic) bond motifs is 1. The number of hydrogen-bond acceptors (Lipinski definition) is 4. The highest BCUT2D eigenvalue weighted by atomic mass is 16.5. The van der Waals surface area contributed by atoms with E-state index in [0.717, 1.165) is 0 Å². The third-order valence-corrected chi connectivity index (χ3v) is 2.26. The summed E-state index contributed by atoms with van der Waals surface area (Å²) in [6, 6.07) is 5.13. The molecule has 0 spiro atoms. The molecular formula is C11H11N3O3. The Hall–Kier alpha value is -2.37. The minimum atomic E-state index is -0.517. The summed E-state index contributed by atoms with van der Waals surface area (Å²) in [6.07, 6.45) is 0. The Balaban J connectivity index is 2.50. The minimum Gasteiger partial charge on any atom is -0.464 e. The molecule has 0 unspecified atom stereocenters. The molecule has 1 aromatic heterocycles. The number of nitrogens with zero attached hydrogens (tertiary/aromatic N) is 1. The second-order valence-electron chi connectivity index (χ2n) is 3.51. The molecule has 0 saturated carbocycles. The second kappa shape index (κ2) is 4.25. The highest BCUT2D eigenvalue weighted by Crippen LogP contribution is 2.21. The maximum atomic E-state index is 11.4. The van der Waals surface area contributed by atoms with Gasteiger partial charge in [0.1, 0.15) is 0 Å². The molecule has 0 atom stereocenters. The zero-order valence-corrected chi connectivity index (χ0v) is 9.40. The van der Waals surface area contributed by atoms with Gasteiger partial charge in [0.2, 0.25) is 5.91 Å². The van der Waals surface area contributed by atoms with Crippen molar-refractivity contribution < 1.29 is 14.3 Å². The third kappa shape index (κ3) is 2.10. The van der Waals surface area contributed by atoms with Gasteiger partial charge in [0.15, 0.2) is 5.69 Å². The van der Waals surface area contributed by atoms with E-state index < -0.39 is 5.97 Å². The van der Waals surface area contributed by atoms with Crippen molar-refractivity contribution in [3.05, 3.63) is 23.9 Å². The van der Waals surface area contributed by atoms with Gasteiger partial charge in [-0.3, -0.25) is 9.89 Å². The van der Waals surface area contributed by atoms with Crippen molar-refractivity contribution in [1.29, 1.82) is 0 Å². The first-order valence-electron chi connectivity index (χ1n) is 4.96. The molecule has 2 N–H and O–H groups in total. The summed E-state index contributed by atoms with van der Waals surface area (Å²) < 4.78 is 4.61. The fourth-order valence-corrected chi connectivity index (χ4v) is 1.55. The highest BCUT2D eigenvalue weighted by molar-refractivity contribution is 6.03. The summed E-state index contributed by atoms with van der Waals surface area (Å²) in [5, 5.41) is 9.85. The molecule has 88 valence electrons. The number of aromatic amines is 1. The Morgan fingerprint density at radius 2 is 2.18 bits per heavy atom. The largest absolute Gasteiger partial charge is 0.464 e. The zero-order valence-electron chi connectivity index (χ0n) is 9.40. The number of benzene rings is 1. The van der Waals surface area contributed by atoms with E-state index in [0.29, 0.717) is 16.6 Å². The van der Waals surface area contributed by atoms with E-state index in [1.54, 1.807) is 18.2 Å². The molecule has 6 nitrogen and oxygen atoms in total. The molecule has 1 aromatic carbocycles. The van der Waals surface area contributed by atoms with E-state index in [9.17, 15) is 9.59 Å². The SMILES string of the molecule is COC(=O)c1n[nH]c2ccc(NC(C)=O)cc12. The Morgan fingerprint density at radius 1 is 1.41 bits per heavy atom. The molecule has 0 aliphatic heterocycles. The minimum absolute atomic E-state index is 0.174. The molecule has 0 aliphatic carbocycles. The van der Waals surface area contributed by atoms with Gasteiger partial charge in [-0.15, -0.1) is 0 Å². The van der Waals surface area contributed by atoms with Gasteiger partial charge < -0.3 is 10.1 Å². The molecule has 0 saturated heterocycles. The van der Waals surface area contributed by atoms with Crippen molar-refractivity contribution in [2.45, 2.75) is 6.92 Å². The Morgan fingerprint density at radius 3 is 2.82 bits per heavy atom. The fraction of sp³-hybridized carbons (Fsp3) is 0.182. The number of nitrogens with one attached hydrogen (secondary N) is 2. The summed E-state index contributed by atoms with van der Waals surface area (Å²) >= 11 is 0. The number of esters is 1. The van der Waals surface area contributed by atoms with Gasteiger partial charge in [-0.1, -0.05) is 0 Å². The van der Waals surface area contributed by atoms with Crippen molar-refractivity contribution in [2.75, 3.05) is 12.4 Å². The molecule has 0 bridgehead atoms. The number of carbonyl (C=O) groups is 2. The van der Waals surface area contributed by atoms with Crippen LogP contribution in [-0.4, -0.2) is 29.2 Å². The third-order valence-electron chi connectivity index (χ3n) is 2.26. The zero-order chi connectivity index (χ0) is 12.4. The number of ether oxygens (including phenoxy) is 1. The number of carbonyl (C=O) groups excluding carboxylic acids is 2. The van der Waals surface area contributed by atoms with Crippen molar-refractivity contribution >= 4 is 28.5 Å². The normalized spacial score (nSPS) is 10.2. The number of amides is 1. The predicted molar refractivity (Wildman–Crippen MR) is 61.7 cm³/mol. The first-order chi connectivity index (χ1) is 8.11. The van der Waals surface area contributed by atoms with Gasteiger partial charge in [-0.25, -0.2) is 4.79 Å². The van der Waals surface area contributed by atoms with Crippen LogP contribution in [0.2, 0.25) is 0 Å². The molecule has 2 rings (SSSR count). The molecule has 2 aromatic rings. The number of H-pyrrole nitrogens is 1. The summed E-state index contributed by atoms with van der Waals surface area (Å²) in [4.78, 5) is 22.4. The lowest BCUT2D eigenvalue weighted by Gasteiger charge is -2.01. The lowest BCUT2D eigenvalue weighted by Crippen LogP contribution is -2.06. The fourth-order valence-electron chi connectivity index (χ4n) is 1.55. The topological polar surface area (TPSA) is 84.1 Å². The highest BCUT2D eigenvalue weighted by Gasteiger charge is 2.14. The lowest BCUT2D eigenvalue weighted by atomic mass is 10.2. The number of rotatable bonds is 2. The van der Waals surface area contributed by atoms with E-state index in [-0.39, 0.29) is 11.6 Å². The first kappa shape index (κ1) is 11.1. The average Bonchev–Trinajstić information content (AvgIpc) is 2.70. The summed E-state index contributed by atoms with van der Waals surface area (Å²) in [6.45, 7) is 1.42. The van der Waals surface area contributed by atoms with Crippen LogP contribution < -0.4 is 5.32 Å². The van der Waals surface area contributed by atoms with Gasteiger partial charge in [0, 0.05) is 18.0 Å². The summed E-state index contributed by atoms with van der Waals surface area (Å²) in [5.74, 6) is -0.691. The van der Waals surface area contributed by atoms with Crippen LogP contribution in [0.5, 0.6) is 0 Å². The number of methoxy groups -OCH3 is 1. The van der Waals surface area contributed by atoms with Gasteiger partial charge in [-0.05, 0) is 18.2 Å². The van der Waals surface area contributed by atoms with Gasteiger partial charge >= 0.3 is 5.97 Å². The maximum absolute atomic E-state index is 11.4. The summed E-state index contributed by atoms with van der Waals surface area (Å²) in [5.41, 5.74) is 1.52. The van der Waals surface area contributed by atoms with Crippen LogP contribution in [0.1, 0.15) is 17.4 Å². The molecule has 1 amide bonds. The monoisotopic (exact) mass is 233 g/mol. The summed E-state index contributed by atoms with van der Waals surface area (Å²) in [7, 11) is 1.29. The quantitative estimate of drug-likeness (QED) is 0.766. The number of hydrogen-bond donors (Lipinski definition) is 2. The van der Waals surface area contributed by atoms with Gasteiger partial charge in [-0.2, -0.15) is 5.10 Å². The van der Waals surface area contributed by atoms with Crippen molar-refractivity contribution in [3.8, 4) is 0 Å². The van der Waals surface area contributed by atoms with Gasteiger partial charge in [0.25, 0.3) is 0 Å². The molecule has 1 heterocycles. The second-order valence-corrected chi connectivity index (χ2v) is 3.51. The predicted octanol–water partition coefficient (Wildman–Crippen LogP) is 1.31. The molecule has 0 radical (unpaired) electrons. The Labute approximate surface area is 97.0 Å². The van der Waals surface area contributed by atoms with Crippen LogP contribution in [0.4, 0.5) is 5.69 Å². The number of aromatic nitrogens is 2. The van der Waals surface area contributed by atoms with E-state index in [1.807, 2.05) is 0 Å². The Bertz CT molecular complexity index is 589. The molecular weight excluding hydrogens is 222 g/mol. The van der Waals surface area contributed by atoms with Crippen molar-refractivity contribution in [3.63, 3.8) is 0 Å². The van der Waals surface area contributed by atoms with Crippen LogP contribution in [-0.2, 0) is 9.53 Å². The molecule has 17 heavy (non-hydrogen) atoms. The first-order valence-corrected chi connectivity index (χ1v) is 4.96.